The van der Waals surface area contributed by atoms with Gasteiger partial charge in [0.2, 0.25) is 5.89 Å². The molecule has 1 heterocycles. The van der Waals surface area contributed by atoms with Gasteiger partial charge in [-0.3, -0.25) is 0 Å². The van der Waals surface area contributed by atoms with Gasteiger partial charge in [-0.05, 0) is 43.9 Å². The van der Waals surface area contributed by atoms with Crippen LogP contribution in [-0.2, 0) is 14.6 Å². The molecule has 112 valence electrons. The molecule has 3 rings (SSSR count). The zero-order valence-corrected chi connectivity index (χ0v) is 13.1. The van der Waals surface area contributed by atoms with Gasteiger partial charge in [-0.1, -0.05) is 19.0 Å². The molecular weight excluding hydrogens is 276 g/mol. The number of sulfone groups is 1. The molecule has 2 saturated carbocycles. The Bertz CT molecular complexity index is 594. The minimum atomic E-state index is -3.17. The van der Waals surface area contributed by atoms with Gasteiger partial charge >= 0.3 is 0 Å². The van der Waals surface area contributed by atoms with E-state index >= 15 is 0 Å². The van der Waals surface area contributed by atoms with Gasteiger partial charge < -0.3 is 4.52 Å². The van der Waals surface area contributed by atoms with Crippen molar-refractivity contribution in [2.45, 2.75) is 56.6 Å². The van der Waals surface area contributed by atoms with Gasteiger partial charge in [0.1, 0.15) is 4.75 Å². The van der Waals surface area contributed by atoms with E-state index < -0.39 is 14.6 Å². The molecule has 0 amide bonds. The van der Waals surface area contributed by atoms with Crippen molar-refractivity contribution in [3.8, 4) is 0 Å². The molecule has 2 fully saturated rings. The molecular formula is C14H22N2O3S. The van der Waals surface area contributed by atoms with Crippen LogP contribution in [0, 0.1) is 11.8 Å². The van der Waals surface area contributed by atoms with Crippen LogP contribution in [0.15, 0.2) is 4.52 Å². The first-order valence-corrected chi connectivity index (χ1v) is 9.24. The second kappa shape index (κ2) is 4.55. The van der Waals surface area contributed by atoms with Crippen LogP contribution >= 0.6 is 0 Å². The predicted octanol–water partition coefficient (Wildman–Crippen LogP) is 2.64. The lowest BCUT2D eigenvalue weighted by Crippen LogP contribution is -2.21. The highest BCUT2D eigenvalue weighted by Gasteiger charge is 2.57. The monoisotopic (exact) mass is 298 g/mol. The number of rotatable bonds is 3. The molecule has 2 atom stereocenters. The Hall–Kier alpha value is -0.910. The predicted molar refractivity (Wildman–Crippen MR) is 75.0 cm³/mol. The summed E-state index contributed by atoms with van der Waals surface area (Å²) in [7, 11) is -3.17. The van der Waals surface area contributed by atoms with Gasteiger partial charge in [0, 0.05) is 12.2 Å². The molecule has 0 N–H and O–H groups in total. The fourth-order valence-corrected chi connectivity index (χ4v) is 4.87. The third-order valence-electron chi connectivity index (χ3n) is 4.79. The summed E-state index contributed by atoms with van der Waals surface area (Å²) in [4.78, 5) is 4.45. The third-order valence-corrected chi connectivity index (χ3v) is 6.80. The van der Waals surface area contributed by atoms with Crippen LogP contribution in [0.1, 0.15) is 63.6 Å². The van der Waals surface area contributed by atoms with Crippen LogP contribution in [0.4, 0.5) is 0 Å². The fourth-order valence-electron chi connectivity index (χ4n) is 3.61. The summed E-state index contributed by atoms with van der Waals surface area (Å²) in [6.07, 6.45) is 5.84. The van der Waals surface area contributed by atoms with Gasteiger partial charge in [0.25, 0.3) is 0 Å². The van der Waals surface area contributed by atoms with Crippen molar-refractivity contribution < 1.29 is 12.9 Å². The van der Waals surface area contributed by atoms with E-state index in [0.29, 0.717) is 36.4 Å². The summed E-state index contributed by atoms with van der Waals surface area (Å²) in [5.74, 6) is 2.60. The second-order valence-electron chi connectivity index (χ2n) is 6.84. The Morgan fingerprint density at radius 1 is 1.15 bits per heavy atom. The Morgan fingerprint density at radius 2 is 1.75 bits per heavy atom. The highest BCUT2D eigenvalue weighted by molar-refractivity contribution is 7.91. The summed E-state index contributed by atoms with van der Waals surface area (Å²) in [6.45, 7) is 4.50. The summed E-state index contributed by atoms with van der Waals surface area (Å²) >= 11 is 0. The normalized spacial score (nSPS) is 33.0. The van der Waals surface area contributed by atoms with Crippen molar-refractivity contribution in [2.75, 3.05) is 6.26 Å². The Balaban J connectivity index is 1.84. The molecule has 5 nitrogen and oxygen atoms in total. The van der Waals surface area contributed by atoms with Crippen molar-refractivity contribution in [3.05, 3.63) is 11.7 Å². The smallest absolute Gasteiger partial charge is 0.229 e. The Morgan fingerprint density at radius 3 is 2.25 bits per heavy atom. The highest BCUT2D eigenvalue weighted by atomic mass is 32.2. The maximum absolute atomic E-state index is 11.9. The van der Waals surface area contributed by atoms with Crippen molar-refractivity contribution in [2.24, 2.45) is 11.8 Å². The Kier molecular flexibility index (Phi) is 3.19. The largest absolute Gasteiger partial charge is 0.339 e. The van der Waals surface area contributed by atoms with Gasteiger partial charge in [-0.2, -0.15) is 4.98 Å². The SMILES string of the molecule is CC1CC(C)CC(c2nc(C3(S(C)(=O)=O)CC3)no2)C1. The molecule has 1 aromatic rings. The Labute approximate surface area is 120 Å². The van der Waals surface area contributed by atoms with Crippen LogP contribution < -0.4 is 0 Å². The molecule has 2 unspecified atom stereocenters. The quantitative estimate of drug-likeness (QED) is 0.857. The maximum atomic E-state index is 11.9. The molecule has 6 heteroatoms. The first-order chi connectivity index (χ1) is 9.32. The van der Waals surface area contributed by atoms with E-state index in [-0.39, 0.29) is 5.92 Å². The topological polar surface area (TPSA) is 73.1 Å². The summed E-state index contributed by atoms with van der Waals surface area (Å²) < 4.78 is 28.3. The van der Waals surface area contributed by atoms with Crippen LogP contribution in [0.5, 0.6) is 0 Å². The van der Waals surface area contributed by atoms with Gasteiger partial charge in [-0.15, -0.1) is 0 Å². The fraction of sp³-hybridized carbons (Fsp3) is 0.857. The summed E-state index contributed by atoms with van der Waals surface area (Å²) in [5.41, 5.74) is 0. The zero-order valence-electron chi connectivity index (χ0n) is 12.3. The van der Waals surface area contributed by atoms with Crippen LogP contribution in [0.2, 0.25) is 0 Å². The van der Waals surface area contributed by atoms with Crippen LogP contribution in [-0.4, -0.2) is 24.8 Å². The minimum Gasteiger partial charge on any atom is -0.339 e. The first kappa shape index (κ1) is 14.0. The second-order valence-corrected chi connectivity index (χ2v) is 9.16. The molecule has 0 radical (unpaired) electrons. The van der Waals surface area contributed by atoms with Crippen molar-refractivity contribution in [3.63, 3.8) is 0 Å². The molecule has 2 aliphatic rings. The summed E-state index contributed by atoms with van der Waals surface area (Å²) in [5, 5.41) is 3.98. The molecule has 0 spiro atoms. The summed E-state index contributed by atoms with van der Waals surface area (Å²) in [6, 6.07) is 0. The lowest BCUT2D eigenvalue weighted by Gasteiger charge is -2.29. The van der Waals surface area contributed by atoms with E-state index in [0.717, 1.165) is 12.8 Å². The average Bonchev–Trinajstić information content (AvgIpc) is 3.00. The molecule has 1 aromatic heterocycles. The van der Waals surface area contributed by atoms with E-state index in [9.17, 15) is 8.42 Å². The lowest BCUT2D eigenvalue weighted by molar-refractivity contribution is 0.228. The van der Waals surface area contributed by atoms with E-state index in [1.807, 2.05) is 0 Å². The van der Waals surface area contributed by atoms with Crippen LogP contribution in [0.3, 0.4) is 0 Å². The molecule has 0 saturated heterocycles. The molecule has 0 aromatic carbocycles. The molecule has 20 heavy (non-hydrogen) atoms. The lowest BCUT2D eigenvalue weighted by atomic mass is 9.77. The number of aromatic nitrogens is 2. The standard InChI is InChI=1S/C14H22N2O3S/c1-9-6-10(2)8-11(7-9)12-15-13(16-19-12)14(4-5-14)20(3,17)18/h9-11H,4-8H2,1-3H3. The van der Waals surface area contributed by atoms with E-state index in [1.54, 1.807) is 0 Å². The third kappa shape index (κ3) is 2.28. The van der Waals surface area contributed by atoms with E-state index in [2.05, 4.69) is 24.0 Å². The van der Waals surface area contributed by atoms with Gasteiger partial charge in [0.15, 0.2) is 15.7 Å². The van der Waals surface area contributed by atoms with E-state index in [4.69, 9.17) is 4.52 Å². The molecule has 2 aliphatic carbocycles. The minimum absolute atomic E-state index is 0.283. The van der Waals surface area contributed by atoms with Crippen molar-refractivity contribution in [1.82, 2.24) is 10.1 Å². The van der Waals surface area contributed by atoms with Gasteiger partial charge in [-0.25, -0.2) is 8.42 Å². The van der Waals surface area contributed by atoms with Crippen molar-refractivity contribution >= 4 is 9.84 Å². The number of hydrogen-bond donors (Lipinski definition) is 0. The van der Waals surface area contributed by atoms with Gasteiger partial charge in [0.05, 0.1) is 0 Å². The number of hydrogen-bond acceptors (Lipinski definition) is 5. The average molecular weight is 298 g/mol. The molecule has 0 bridgehead atoms. The van der Waals surface area contributed by atoms with Crippen LogP contribution in [0.25, 0.3) is 0 Å². The van der Waals surface area contributed by atoms with E-state index in [1.165, 1.54) is 12.7 Å². The molecule has 0 aliphatic heterocycles. The van der Waals surface area contributed by atoms with Crippen molar-refractivity contribution in [1.29, 1.82) is 0 Å². The highest BCUT2D eigenvalue weighted by Crippen LogP contribution is 2.51. The zero-order chi connectivity index (χ0) is 14.5. The maximum Gasteiger partial charge on any atom is 0.229 e. The number of nitrogens with zero attached hydrogens (tertiary/aromatic N) is 2. The first-order valence-electron chi connectivity index (χ1n) is 7.35.